The Morgan fingerprint density at radius 3 is 2.12 bits per heavy atom. The molecule has 0 atom stereocenters. The van der Waals surface area contributed by atoms with Crippen molar-refractivity contribution in [3.8, 4) is 0 Å². The molecule has 0 unspecified atom stereocenters. The Hall–Kier alpha value is -2.34. The fourth-order valence-corrected chi connectivity index (χ4v) is 3.45. The van der Waals surface area contributed by atoms with Crippen molar-refractivity contribution in [3.05, 3.63) is 65.5 Å². The summed E-state index contributed by atoms with van der Waals surface area (Å²) >= 11 is 1.63. The quantitative estimate of drug-likeness (QED) is 0.774. The number of nitrogens with zero attached hydrogens (tertiary/aromatic N) is 2. The Bertz CT molecular complexity index is 795. The van der Waals surface area contributed by atoms with Gasteiger partial charge in [-0.2, -0.15) is 0 Å². The van der Waals surface area contributed by atoms with Gasteiger partial charge in [-0.25, -0.2) is 4.39 Å². The van der Waals surface area contributed by atoms with Crippen molar-refractivity contribution < 1.29 is 14.0 Å². The monoisotopic (exact) mass is 372 g/mol. The van der Waals surface area contributed by atoms with Crippen LogP contribution in [0.25, 0.3) is 0 Å². The number of carbonyl (C=O) groups excluding carboxylic acids is 2. The molecule has 1 aliphatic heterocycles. The van der Waals surface area contributed by atoms with E-state index in [1.807, 2.05) is 30.5 Å². The van der Waals surface area contributed by atoms with Crippen LogP contribution < -0.4 is 0 Å². The van der Waals surface area contributed by atoms with Crippen LogP contribution in [0.15, 0.2) is 53.4 Å². The minimum absolute atomic E-state index is 0.0298. The maximum absolute atomic E-state index is 13.9. The van der Waals surface area contributed by atoms with Crippen molar-refractivity contribution in [2.24, 2.45) is 0 Å². The molecule has 1 fully saturated rings. The van der Waals surface area contributed by atoms with Crippen molar-refractivity contribution >= 4 is 23.6 Å². The number of halogens is 1. The summed E-state index contributed by atoms with van der Waals surface area (Å²) < 4.78 is 13.9. The van der Waals surface area contributed by atoms with Crippen molar-refractivity contribution in [1.29, 1.82) is 0 Å². The number of rotatable bonds is 3. The first-order valence-corrected chi connectivity index (χ1v) is 9.80. The van der Waals surface area contributed by atoms with E-state index in [0.717, 1.165) is 4.90 Å². The Labute approximate surface area is 157 Å². The topological polar surface area (TPSA) is 40.6 Å². The van der Waals surface area contributed by atoms with Gasteiger partial charge in [0.05, 0.1) is 5.56 Å². The van der Waals surface area contributed by atoms with E-state index in [2.05, 4.69) is 0 Å². The molecule has 3 rings (SSSR count). The Kier molecular flexibility index (Phi) is 5.93. The smallest absolute Gasteiger partial charge is 0.256 e. The summed E-state index contributed by atoms with van der Waals surface area (Å²) in [5.74, 6) is -0.858. The van der Waals surface area contributed by atoms with Crippen LogP contribution in [-0.4, -0.2) is 54.0 Å². The van der Waals surface area contributed by atoms with Crippen LogP contribution >= 0.6 is 11.8 Å². The Balaban J connectivity index is 1.67. The zero-order valence-electron chi connectivity index (χ0n) is 14.7. The molecule has 4 nitrogen and oxygen atoms in total. The van der Waals surface area contributed by atoms with E-state index >= 15 is 0 Å². The largest absolute Gasteiger partial charge is 0.337 e. The first kappa shape index (κ1) is 18.5. The lowest BCUT2D eigenvalue weighted by Gasteiger charge is -2.22. The number of benzene rings is 2. The van der Waals surface area contributed by atoms with E-state index in [-0.39, 0.29) is 17.4 Å². The first-order valence-electron chi connectivity index (χ1n) is 8.57. The van der Waals surface area contributed by atoms with Gasteiger partial charge >= 0.3 is 0 Å². The highest BCUT2D eigenvalue weighted by Gasteiger charge is 2.24. The van der Waals surface area contributed by atoms with Crippen LogP contribution in [0.2, 0.25) is 0 Å². The van der Waals surface area contributed by atoms with Crippen molar-refractivity contribution in [2.75, 3.05) is 32.4 Å². The highest BCUT2D eigenvalue weighted by molar-refractivity contribution is 7.98. The standard InChI is InChI=1S/C20H21FN2O2S/c1-26-16-9-7-15(8-10-16)19(24)22-11-4-12-23(14-13-22)20(25)17-5-2-3-6-18(17)21/h2-3,5-10H,4,11-14H2,1H3. The lowest BCUT2D eigenvalue weighted by Crippen LogP contribution is -2.37. The van der Waals surface area contributed by atoms with Gasteiger partial charge in [-0.05, 0) is 49.1 Å². The number of carbonyl (C=O) groups is 2. The molecule has 0 bridgehead atoms. The van der Waals surface area contributed by atoms with Crippen LogP contribution in [0.5, 0.6) is 0 Å². The van der Waals surface area contributed by atoms with E-state index in [9.17, 15) is 14.0 Å². The first-order chi connectivity index (χ1) is 12.6. The number of hydrogen-bond acceptors (Lipinski definition) is 3. The Morgan fingerprint density at radius 1 is 0.885 bits per heavy atom. The summed E-state index contributed by atoms with van der Waals surface area (Å²) in [7, 11) is 0. The predicted molar refractivity (Wildman–Crippen MR) is 101 cm³/mol. The van der Waals surface area contributed by atoms with Gasteiger partial charge < -0.3 is 9.80 Å². The maximum Gasteiger partial charge on any atom is 0.256 e. The SMILES string of the molecule is CSc1ccc(C(=O)N2CCCN(C(=O)c3ccccc3F)CC2)cc1. The second-order valence-corrected chi connectivity index (χ2v) is 7.03. The minimum atomic E-state index is -0.511. The molecule has 0 N–H and O–H groups in total. The molecule has 1 saturated heterocycles. The van der Waals surface area contributed by atoms with Gasteiger partial charge in [0.15, 0.2) is 0 Å². The molecular formula is C20H21FN2O2S. The van der Waals surface area contributed by atoms with E-state index in [1.165, 1.54) is 12.1 Å². The zero-order chi connectivity index (χ0) is 18.5. The van der Waals surface area contributed by atoms with Gasteiger partial charge in [-0.15, -0.1) is 11.8 Å². The summed E-state index contributed by atoms with van der Waals surface area (Å²) in [6.07, 6.45) is 2.67. The minimum Gasteiger partial charge on any atom is -0.337 e. The fraction of sp³-hybridized carbons (Fsp3) is 0.300. The highest BCUT2D eigenvalue weighted by Crippen LogP contribution is 2.17. The molecule has 2 aromatic carbocycles. The summed E-state index contributed by atoms with van der Waals surface area (Å²) in [6.45, 7) is 1.96. The number of amides is 2. The third-order valence-corrected chi connectivity index (χ3v) is 5.26. The van der Waals surface area contributed by atoms with Gasteiger partial charge in [0.2, 0.25) is 0 Å². The normalized spacial score (nSPS) is 14.8. The van der Waals surface area contributed by atoms with Gasteiger partial charge in [0, 0.05) is 36.6 Å². The second-order valence-electron chi connectivity index (χ2n) is 6.15. The molecule has 0 saturated carbocycles. The van der Waals surface area contributed by atoms with E-state index in [0.29, 0.717) is 38.2 Å². The third kappa shape index (κ3) is 4.07. The van der Waals surface area contributed by atoms with Gasteiger partial charge in [-0.1, -0.05) is 12.1 Å². The molecule has 0 spiro atoms. The van der Waals surface area contributed by atoms with Gasteiger partial charge in [0.25, 0.3) is 11.8 Å². The van der Waals surface area contributed by atoms with E-state index in [4.69, 9.17) is 0 Å². The summed E-state index contributed by atoms with van der Waals surface area (Å²) in [5.41, 5.74) is 0.733. The van der Waals surface area contributed by atoms with Crippen LogP contribution in [0.3, 0.4) is 0 Å². The number of hydrogen-bond donors (Lipinski definition) is 0. The average molecular weight is 372 g/mol. The molecule has 0 aliphatic carbocycles. The van der Waals surface area contributed by atoms with Gasteiger partial charge in [-0.3, -0.25) is 9.59 Å². The molecule has 136 valence electrons. The van der Waals surface area contributed by atoms with Crippen LogP contribution in [0.4, 0.5) is 4.39 Å². The van der Waals surface area contributed by atoms with Gasteiger partial charge in [0.1, 0.15) is 5.82 Å². The molecule has 26 heavy (non-hydrogen) atoms. The van der Waals surface area contributed by atoms with Crippen LogP contribution in [0, 0.1) is 5.82 Å². The third-order valence-electron chi connectivity index (χ3n) is 4.51. The summed E-state index contributed by atoms with van der Waals surface area (Å²) in [4.78, 5) is 29.8. The molecule has 1 heterocycles. The molecule has 0 radical (unpaired) electrons. The zero-order valence-corrected chi connectivity index (χ0v) is 15.5. The molecule has 6 heteroatoms. The maximum atomic E-state index is 13.9. The molecular weight excluding hydrogens is 351 g/mol. The van der Waals surface area contributed by atoms with E-state index < -0.39 is 5.82 Å². The van der Waals surface area contributed by atoms with Crippen molar-refractivity contribution in [3.63, 3.8) is 0 Å². The lowest BCUT2D eigenvalue weighted by molar-refractivity contribution is 0.0716. The molecule has 2 amide bonds. The predicted octanol–water partition coefficient (Wildman–Crippen LogP) is 3.54. The second kappa shape index (κ2) is 8.36. The van der Waals surface area contributed by atoms with E-state index in [1.54, 1.807) is 33.7 Å². The number of thioether (sulfide) groups is 1. The van der Waals surface area contributed by atoms with Crippen molar-refractivity contribution in [1.82, 2.24) is 9.80 Å². The molecule has 1 aliphatic rings. The summed E-state index contributed by atoms with van der Waals surface area (Å²) in [6, 6.07) is 13.5. The molecule has 2 aromatic rings. The fourth-order valence-electron chi connectivity index (χ4n) is 3.04. The molecule has 0 aromatic heterocycles. The van der Waals surface area contributed by atoms with Crippen molar-refractivity contribution in [2.45, 2.75) is 11.3 Å². The highest BCUT2D eigenvalue weighted by atomic mass is 32.2. The Morgan fingerprint density at radius 2 is 1.50 bits per heavy atom. The lowest BCUT2D eigenvalue weighted by atomic mass is 10.2. The van der Waals surface area contributed by atoms with Crippen LogP contribution in [-0.2, 0) is 0 Å². The average Bonchev–Trinajstić information content (AvgIpc) is 2.93. The summed E-state index contributed by atoms with van der Waals surface area (Å²) in [5, 5.41) is 0. The van der Waals surface area contributed by atoms with Crippen LogP contribution in [0.1, 0.15) is 27.1 Å².